The number of benzene rings is 1. The van der Waals surface area contributed by atoms with Crippen molar-refractivity contribution in [1.82, 2.24) is 5.32 Å². The lowest BCUT2D eigenvalue weighted by Gasteiger charge is -2.21. The topological polar surface area (TPSA) is 25.2 Å². The van der Waals surface area contributed by atoms with E-state index < -0.39 is 0 Å². The van der Waals surface area contributed by atoms with Gasteiger partial charge in [0.2, 0.25) is 0 Å². The Kier molecular flexibility index (Phi) is 4.95. The van der Waals surface area contributed by atoms with E-state index in [1.807, 2.05) is 31.8 Å². The number of furan rings is 1. The molecule has 0 spiro atoms. The van der Waals surface area contributed by atoms with Crippen molar-refractivity contribution in [2.24, 2.45) is 0 Å². The lowest BCUT2D eigenvalue weighted by atomic mass is 9.95. The van der Waals surface area contributed by atoms with E-state index in [-0.39, 0.29) is 0 Å². The molecule has 1 aromatic heterocycles. The van der Waals surface area contributed by atoms with Crippen molar-refractivity contribution in [2.75, 3.05) is 12.8 Å². The lowest BCUT2D eigenvalue weighted by molar-refractivity contribution is 0.526. The van der Waals surface area contributed by atoms with Crippen LogP contribution in [-0.2, 0) is 0 Å². The molecule has 3 heteroatoms. The van der Waals surface area contributed by atoms with E-state index >= 15 is 0 Å². The fraction of sp³-hybridized carbons (Fsp3) is 0.412. The normalized spacial score (nSPS) is 12.7. The Bertz CT molecular complexity index is 565. The molecule has 1 N–H and O–H groups in total. The second kappa shape index (κ2) is 6.51. The Hall–Kier alpha value is -1.19. The summed E-state index contributed by atoms with van der Waals surface area (Å²) in [7, 11) is 2.03. The minimum atomic E-state index is 0.356. The summed E-state index contributed by atoms with van der Waals surface area (Å²) < 4.78 is 5.36. The molecule has 0 radical (unpaired) electrons. The maximum Gasteiger partial charge on any atom is 0.114 e. The van der Waals surface area contributed by atoms with Crippen molar-refractivity contribution in [2.45, 2.75) is 38.6 Å². The van der Waals surface area contributed by atoms with Crippen molar-refractivity contribution < 1.29 is 4.42 Å². The first-order valence-electron chi connectivity index (χ1n) is 6.94. The largest absolute Gasteiger partial charge is 0.468 e. The number of aryl methyl sites for hydroxylation is 4. The molecular formula is C17H23NOS. The molecule has 1 heterocycles. The lowest BCUT2D eigenvalue weighted by Crippen LogP contribution is -2.21. The standard InChI is InChI=1S/C17H23NOS/c1-11-8-12(2)17(13(3)9-11)15(18-5)10-20-16-6-7-19-14(16)4/h6-9,15,18H,10H2,1-5H3. The van der Waals surface area contributed by atoms with E-state index in [0.29, 0.717) is 6.04 Å². The first kappa shape index (κ1) is 15.2. The summed E-state index contributed by atoms with van der Waals surface area (Å²) in [6.45, 7) is 8.57. The third-order valence-corrected chi connectivity index (χ3v) is 4.89. The maximum atomic E-state index is 5.36. The van der Waals surface area contributed by atoms with E-state index in [1.54, 1.807) is 6.26 Å². The molecule has 0 saturated carbocycles. The molecule has 1 aromatic carbocycles. The van der Waals surface area contributed by atoms with Crippen LogP contribution in [0.5, 0.6) is 0 Å². The molecule has 20 heavy (non-hydrogen) atoms. The molecule has 2 rings (SSSR count). The van der Waals surface area contributed by atoms with Gasteiger partial charge in [0.15, 0.2) is 0 Å². The van der Waals surface area contributed by atoms with E-state index in [1.165, 1.54) is 27.1 Å². The molecule has 0 aliphatic rings. The van der Waals surface area contributed by atoms with Crippen LogP contribution < -0.4 is 5.32 Å². The summed E-state index contributed by atoms with van der Waals surface area (Å²) in [5.41, 5.74) is 5.49. The minimum absolute atomic E-state index is 0.356. The Balaban J connectivity index is 2.18. The molecule has 2 nitrogen and oxygen atoms in total. The zero-order chi connectivity index (χ0) is 14.7. The van der Waals surface area contributed by atoms with Gasteiger partial charge in [0.25, 0.3) is 0 Å². The van der Waals surface area contributed by atoms with Crippen LogP contribution in [0.25, 0.3) is 0 Å². The summed E-state index contributed by atoms with van der Waals surface area (Å²) in [5.74, 6) is 2.00. The second-order valence-electron chi connectivity index (χ2n) is 5.31. The molecule has 0 saturated heterocycles. The van der Waals surface area contributed by atoms with Gasteiger partial charge in [-0.2, -0.15) is 0 Å². The summed E-state index contributed by atoms with van der Waals surface area (Å²) in [4.78, 5) is 1.23. The van der Waals surface area contributed by atoms with Crippen LogP contribution >= 0.6 is 11.8 Å². The highest BCUT2D eigenvalue weighted by molar-refractivity contribution is 7.99. The van der Waals surface area contributed by atoms with Crippen LogP contribution in [0.4, 0.5) is 0 Å². The highest BCUT2D eigenvalue weighted by Crippen LogP contribution is 2.30. The van der Waals surface area contributed by atoms with E-state index in [9.17, 15) is 0 Å². The van der Waals surface area contributed by atoms with E-state index in [2.05, 4.69) is 38.2 Å². The monoisotopic (exact) mass is 289 g/mol. The Morgan fingerprint density at radius 2 is 1.80 bits per heavy atom. The molecule has 1 unspecified atom stereocenters. The van der Waals surface area contributed by atoms with Crippen LogP contribution in [0.1, 0.15) is 34.1 Å². The molecule has 0 bridgehead atoms. The molecule has 1 atom stereocenters. The van der Waals surface area contributed by atoms with Crippen molar-refractivity contribution in [1.29, 1.82) is 0 Å². The Labute approximate surface area is 126 Å². The highest BCUT2D eigenvalue weighted by atomic mass is 32.2. The zero-order valence-electron chi connectivity index (χ0n) is 12.9. The van der Waals surface area contributed by atoms with Crippen LogP contribution in [0.2, 0.25) is 0 Å². The van der Waals surface area contributed by atoms with E-state index in [0.717, 1.165) is 11.5 Å². The summed E-state index contributed by atoms with van der Waals surface area (Å²) in [6.07, 6.45) is 1.76. The Morgan fingerprint density at radius 1 is 1.15 bits per heavy atom. The predicted octanol–water partition coefficient (Wildman–Crippen LogP) is 4.57. The predicted molar refractivity (Wildman–Crippen MR) is 86.6 cm³/mol. The fourth-order valence-electron chi connectivity index (χ4n) is 2.75. The molecule has 0 amide bonds. The first-order chi connectivity index (χ1) is 9.52. The van der Waals surface area contributed by atoms with Crippen molar-refractivity contribution in [3.8, 4) is 0 Å². The zero-order valence-corrected chi connectivity index (χ0v) is 13.7. The number of thioether (sulfide) groups is 1. The van der Waals surface area contributed by atoms with Gasteiger partial charge >= 0.3 is 0 Å². The van der Waals surface area contributed by atoms with Crippen LogP contribution in [0, 0.1) is 27.7 Å². The van der Waals surface area contributed by atoms with Gasteiger partial charge in [-0.25, -0.2) is 0 Å². The van der Waals surface area contributed by atoms with Crippen LogP contribution in [-0.4, -0.2) is 12.8 Å². The molecule has 0 fully saturated rings. The Morgan fingerprint density at radius 3 is 2.30 bits per heavy atom. The smallest absolute Gasteiger partial charge is 0.114 e. The van der Waals surface area contributed by atoms with Gasteiger partial charge in [0.1, 0.15) is 5.76 Å². The molecular weight excluding hydrogens is 266 g/mol. The SMILES string of the molecule is CNC(CSc1ccoc1C)c1c(C)cc(C)cc1C. The second-order valence-corrected chi connectivity index (χ2v) is 6.37. The van der Waals surface area contributed by atoms with Gasteiger partial charge in [0.05, 0.1) is 6.26 Å². The van der Waals surface area contributed by atoms with Crippen LogP contribution in [0.3, 0.4) is 0 Å². The number of nitrogens with one attached hydrogen (secondary N) is 1. The van der Waals surface area contributed by atoms with Gasteiger partial charge in [-0.15, -0.1) is 11.8 Å². The van der Waals surface area contributed by atoms with Crippen molar-refractivity contribution in [3.63, 3.8) is 0 Å². The third kappa shape index (κ3) is 3.28. The fourth-order valence-corrected chi connectivity index (χ4v) is 3.83. The van der Waals surface area contributed by atoms with Gasteiger partial charge < -0.3 is 9.73 Å². The number of rotatable bonds is 5. The van der Waals surface area contributed by atoms with Crippen molar-refractivity contribution >= 4 is 11.8 Å². The maximum absolute atomic E-state index is 5.36. The minimum Gasteiger partial charge on any atom is -0.468 e. The first-order valence-corrected chi connectivity index (χ1v) is 7.93. The summed E-state index contributed by atoms with van der Waals surface area (Å²) >= 11 is 1.85. The molecule has 2 aromatic rings. The van der Waals surface area contributed by atoms with Gasteiger partial charge in [-0.1, -0.05) is 17.7 Å². The average molecular weight is 289 g/mol. The highest BCUT2D eigenvalue weighted by Gasteiger charge is 2.16. The summed E-state index contributed by atoms with van der Waals surface area (Å²) in [5, 5.41) is 3.45. The van der Waals surface area contributed by atoms with Crippen molar-refractivity contribution in [3.05, 3.63) is 52.5 Å². The van der Waals surface area contributed by atoms with Gasteiger partial charge in [-0.05, 0) is 57.5 Å². The average Bonchev–Trinajstić information content (AvgIpc) is 2.78. The van der Waals surface area contributed by atoms with Gasteiger partial charge in [0, 0.05) is 16.7 Å². The quantitative estimate of drug-likeness (QED) is 0.816. The number of hydrogen-bond acceptors (Lipinski definition) is 3. The van der Waals surface area contributed by atoms with E-state index in [4.69, 9.17) is 4.42 Å². The summed E-state index contributed by atoms with van der Waals surface area (Å²) in [6, 6.07) is 6.93. The van der Waals surface area contributed by atoms with Gasteiger partial charge in [-0.3, -0.25) is 0 Å². The number of hydrogen-bond donors (Lipinski definition) is 1. The third-order valence-electron chi connectivity index (χ3n) is 3.65. The molecule has 0 aliphatic carbocycles. The molecule has 108 valence electrons. The molecule has 0 aliphatic heterocycles. The van der Waals surface area contributed by atoms with Crippen LogP contribution in [0.15, 0.2) is 33.8 Å².